The van der Waals surface area contributed by atoms with Gasteiger partial charge in [0.2, 0.25) is 0 Å². The Balaban J connectivity index is 0.870. The second-order valence-electron chi connectivity index (χ2n) is 19.7. The largest absolute Gasteiger partial charge is 0.488 e. The van der Waals surface area contributed by atoms with Crippen molar-refractivity contribution in [2.24, 2.45) is 46.3 Å². The van der Waals surface area contributed by atoms with Gasteiger partial charge in [0.1, 0.15) is 35.1 Å². The Morgan fingerprint density at radius 3 is 2.35 bits per heavy atom. The highest BCUT2D eigenvalue weighted by molar-refractivity contribution is 5.96. The van der Waals surface area contributed by atoms with Gasteiger partial charge in [-0.1, -0.05) is 77.7 Å². The number of carbonyl (C=O) groups is 2. The van der Waals surface area contributed by atoms with Crippen molar-refractivity contribution in [3.8, 4) is 11.5 Å². The van der Waals surface area contributed by atoms with Crippen molar-refractivity contribution in [2.45, 2.75) is 137 Å². The first-order chi connectivity index (χ1) is 27.2. The maximum absolute atomic E-state index is 14.9. The second-order valence-corrected chi connectivity index (χ2v) is 19.7. The van der Waals surface area contributed by atoms with Crippen molar-refractivity contribution >= 4 is 22.7 Å². The lowest BCUT2D eigenvalue weighted by Crippen LogP contribution is -2.51. The number of hydrogen-bond donors (Lipinski definition) is 0. The van der Waals surface area contributed by atoms with Gasteiger partial charge in [-0.2, -0.15) is 0 Å². The van der Waals surface area contributed by atoms with Gasteiger partial charge in [0.25, 0.3) is 0 Å². The highest BCUT2D eigenvalue weighted by Crippen LogP contribution is 2.67. The minimum atomic E-state index is -0.803. The van der Waals surface area contributed by atoms with E-state index in [2.05, 4.69) is 40.7 Å². The van der Waals surface area contributed by atoms with Crippen molar-refractivity contribution in [1.29, 1.82) is 0 Å². The molecule has 2 unspecified atom stereocenters. The summed E-state index contributed by atoms with van der Waals surface area (Å²) in [5.74, 6) is 3.58. The third kappa shape index (κ3) is 7.79. The molecule has 306 valence electrons. The number of hydrogen-bond acceptors (Lipinski definition) is 6. The van der Waals surface area contributed by atoms with Crippen molar-refractivity contribution in [3.63, 3.8) is 0 Å². The second kappa shape index (κ2) is 15.5. The van der Waals surface area contributed by atoms with Gasteiger partial charge in [-0.05, 0) is 152 Å². The van der Waals surface area contributed by atoms with Gasteiger partial charge in [0.15, 0.2) is 0 Å². The van der Waals surface area contributed by atoms with Crippen LogP contribution in [-0.4, -0.2) is 36.4 Å². The van der Waals surface area contributed by atoms with Crippen LogP contribution in [0.3, 0.4) is 0 Å². The molecule has 3 saturated carbocycles. The first kappa shape index (κ1) is 40.1. The predicted octanol–water partition coefficient (Wildman–Crippen LogP) is 12.3. The number of rotatable bonds is 12. The number of epoxide rings is 1. The molecule has 1 saturated heterocycles. The van der Waals surface area contributed by atoms with E-state index in [1.54, 1.807) is 30.3 Å². The van der Waals surface area contributed by atoms with Gasteiger partial charge in [0, 0.05) is 12.5 Å². The summed E-state index contributed by atoms with van der Waals surface area (Å²) >= 11 is 0. The summed E-state index contributed by atoms with van der Waals surface area (Å²) in [6, 6.07) is 14.7. The Morgan fingerprint density at radius 2 is 1.60 bits per heavy atom. The quantitative estimate of drug-likeness (QED) is 0.0789. The molecular formula is C50H63FO6. The Hall–Kier alpha value is -3.71. The molecule has 0 bridgehead atoms. The summed E-state index contributed by atoms with van der Waals surface area (Å²) < 4.78 is 37.9. The van der Waals surface area contributed by atoms with Gasteiger partial charge in [-0.25, -0.2) is 14.0 Å². The van der Waals surface area contributed by atoms with Crippen molar-refractivity contribution in [1.82, 2.24) is 0 Å². The minimum Gasteiger partial charge on any atom is -0.488 e. The van der Waals surface area contributed by atoms with Crippen molar-refractivity contribution in [3.05, 3.63) is 83.2 Å². The molecule has 6 nitrogen and oxygen atoms in total. The number of ether oxygens (including phenoxy) is 4. The predicted molar refractivity (Wildman–Crippen MR) is 222 cm³/mol. The zero-order chi connectivity index (χ0) is 40.3. The maximum atomic E-state index is 14.9. The van der Waals surface area contributed by atoms with Crippen LogP contribution in [0.25, 0.3) is 10.8 Å². The molecule has 4 fully saturated rings. The summed E-state index contributed by atoms with van der Waals surface area (Å²) in [7, 11) is 0. The Kier molecular flexibility index (Phi) is 10.9. The van der Waals surface area contributed by atoms with Crippen LogP contribution < -0.4 is 9.47 Å². The Labute approximate surface area is 339 Å². The molecule has 0 amide bonds. The molecule has 0 aromatic heterocycles. The van der Waals surface area contributed by atoms with Crippen LogP contribution in [0.15, 0.2) is 66.2 Å². The van der Waals surface area contributed by atoms with Crippen molar-refractivity contribution in [2.75, 3.05) is 6.61 Å². The van der Waals surface area contributed by atoms with Crippen LogP contribution in [0.2, 0.25) is 0 Å². The molecule has 3 aromatic carbocycles. The van der Waals surface area contributed by atoms with E-state index >= 15 is 0 Å². The molecule has 1 aliphatic heterocycles. The lowest BCUT2D eigenvalue weighted by Gasteiger charge is -2.58. The van der Waals surface area contributed by atoms with E-state index < -0.39 is 11.8 Å². The highest BCUT2D eigenvalue weighted by atomic mass is 19.1. The average Bonchev–Trinajstić information content (AvgIpc) is 3.83. The fourth-order valence-corrected chi connectivity index (χ4v) is 12.0. The molecule has 8 rings (SSSR count). The molecular weight excluding hydrogens is 716 g/mol. The lowest BCUT2D eigenvalue weighted by atomic mass is 9.47. The summed E-state index contributed by atoms with van der Waals surface area (Å²) in [5, 5.41) is 1.61. The van der Waals surface area contributed by atoms with Crippen LogP contribution in [0.4, 0.5) is 4.39 Å². The van der Waals surface area contributed by atoms with Gasteiger partial charge in [0.05, 0.1) is 17.7 Å². The van der Waals surface area contributed by atoms with Crippen LogP contribution in [-0.2, 0) is 9.47 Å². The standard InChI is InChI=1S/C50H63FO6/c1-30(2)9-8-10-31(3)42-19-20-43-40-17-14-36-27-39(21-23-48(36,5)44(40)22-24-49(42,43)6)56-46(52)35-12-11-34-26-37(15-13-33(34)25-35)57-47(53)41-18-16-38(28-45(41)51)55-32(4)50(7)29-54-50/h11-16,18,25-26,28,30-32,39-40,42-44H,8-10,17,19-24,27,29H2,1-7H3/t31-,32?,39+,40+,42-,43+,44+,48+,49-,50?/m1/s1. The molecule has 0 radical (unpaired) electrons. The molecule has 4 aliphatic carbocycles. The summed E-state index contributed by atoms with van der Waals surface area (Å²) in [6.45, 7) is 16.8. The number of allylic oxidation sites excluding steroid dienone is 1. The number of esters is 2. The van der Waals surface area contributed by atoms with Gasteiger partial charge in [-0.15, -0.1) is 0 Å². The van der Waals surface area contributed by atoms with Gasteiger partial charge >= 0.3 is 11.9 Å². The van der Waals surface area contributed by atoms with E-state index in [-0.39, 0.29) is 40.5 Å². The number of carbonyl (C=O) groups excluding carboxylic acids is 2. The zero-order valence-electron chi connectivity index (χ0n) is 35.2. The van der Waals surface area contributed by atoms with E-state index in [0.717, 1.165) is 65.5 Å². The minimum absolute atomic E-state index is 0.123. The van der Waals surface area contributed by atoms with Crippen LogP contribution in [0, 0.1) is 52.2 Å². The number of benzene rings is 3. The number of halogens is 1. The third-order valence-electron chi connectivity index (χ3n) is 15.7. The molecule has 3 aromatic rings. The Morgan fingerprint density at radius 1 is 0.842 bits per heavy atom. The molecule has 5 aliphatic rings. The monoisotopic (exact) mass is 778 g/mol. The topological polar surface area (TPSA) is 74.4 Å². The van der Waals surface area contributed by atoms with Crippen LogP contribution in [0.1, 0.15) is 140 Å². The first-order valence-corrected chi connectivity index (χ1v) is 21.9. The zero-order valence-corrected chi connectivity index (χ0v) is 35.2. The summed E-state index contributed by atoms with van der Waals surface area (Å²) in [5.41, 5.74) is 2.14. The molecule has 0 N–H and O–H groups in total. The normalized spacial score (nSPS) is 32.7. The fraction of sp³-hybridized carbons (Fsp3) is 0.600. The summed E-state index contributed by atoms with van der Waals surface area (Å²) in [6.07, 6.45) is 15.8. The highest BCUT2D eigenvalue weighted by Gasteiger charge is 2.59. The van der Waals surface area contributed by atoms with E-state index in [1.165, 1.54) is 69.1 Å². The van der Waals surface area contributed by atoms with Crippen LogP contribution >= 0.6 is 0 Å². The van der Waals surface area contributed by atoms with E-state index in [4.69, 9.17) is 18.9 Å². The van der Waals surface area contributed by atoms with E-state index in [9.17, 15) is 14.0 Å². The average molecular weight is 779 g/mol. The number of fused-ring (bicyclic) bond motifs is 6. The van der Waals surface area contributed by atoms with E-state index in [0.29, 0.717) is 23.3 Å². The SMILES string of the molecule is CC(C)CCC[C@@H](C)[C@H]1CC[C@H]2[C@@H]3CC=C4C[C@@H](OC(=O)c5ccc6cc(OC(=O)c7ccc(OC(C)C8(C)CO8)cc7F)ccc6c5)CC[C@]4(C)[C@H]3CC[C@]12C. The molecule has 1 heterocycles. The third-order valence-corrected chi connectivity index (χ3v) is 15.7. The summed E-state index contributed by atoms with van der Waals surface area (Å²) in [4.78, 5) is 26.5. The van der Waals surface area contributed by atoms with E-state index in [1.807, 2.05) is 26.0 Å². The maximum Gasteiger partial charge on any atom is 0.346 e. The fourth-order valence-electron chi connectivity index (χ4n) is 12.0. The lowest BCUT2D eigenvalue weighted by molar-refractivity contribution is -0.0594. The molecule has 57 heavy (non-hydrogen) atoms. The molecule has 0 spiro atoms. The molecule has 10 atom stereocenters. The Bertz CT molecular complexity index is 2030. The van der Waals surface area contributed by atoms with Crippen LogP contribution in [0.5, 0.6) is 11.5 Å². The van der Waals surface area contributed by atoms with Crippen molar-refractivity contribution < 1.29 is 32.9 Å². The smallest absolute Gasteiger partial charge is 0.346 e. The first-order valence-electron chi connectivity index (χ1n) is 21.9. The van der Waals surface area contributed by atoms with Gasteiger partial charge in [-0.3, -0.25) is 0 Å². The molecule has 7 heteroatoms. The van der Waals surface area contributed by atoms with Gasteiger partial charge < -0.3 is 18.9 Å².